The van der Waals surface area contributed by atoms with Gasteiger partial charge in [0.2, 0.25) is 0 Å². The van der Waals surface area contributed by atoms with E-state index < -0.39 is 0 Å². The fourth-order valence-electron chi connectivity index (χ4n) is 2.69. The lowest BCUT2D eigenvalue weighted by Crippen LogP contribution is -2.11. The first kappa shape index (κ1) is 16.0. The minimum absolute atomic E-state index is 0.0792. The quantitative estimate of drug-likeness (QED) is 0.807. The van der Waals surface area contributed by atoms with Gasteiger partial charge in [0, 0.05) is 37.4 Å². The number of aliphatic imine (C=N–C) groups is 1. The molecule has 0 radical (unpaired) electrons. The van der Waals surface area contributed by atoms with Gasteiger partial charge in [-0.3, -0.25) is 14.6 Å². The molecule has 1 aliphatic heterocycles. The number of fused-ring (bicyclic) bond motifs is 1. The average Bonchev–Trinajstić information content (AvgIpc) is 2.97. The molecule has 6 nitrogen and oxygen atoms in total. The number of esters is 1. The normalized spacial score (nSPS) is 12.5. The fourth-order valence-corrected chi connectivity index (χ4v) is 2.69. The molecule has 0 aliphatic carbocycles. The highest BCUT2D eigenvalue weighted by molar-refractivity contribution is 6.46. The smallest absolute Gasteiger partial charge is 0.302 e. The minimum Gasteiger partial charge on any atom is -0.461 e. The highest BCUT2D eigenvalue weighted by atomic mass is 16.5. The van der Waals surface area contributed by atoms with Crippen LogP contribution in [-0.2, 0) is 27.5 Å². The molecule has 0 saturated heterocycles. The van der Waals surface area contributed by atoms with Crippen molar-refractivity contribution in [3.05, 3.63) is 47.0 Å². The Morgan fingerprint density at radius 1 is 1.12 bits per heavy atom. The van der Waals surface area contributed by atoms with Gasteiger partial charge in [0.1, 0.15) is 18.1 Å². The van der Waals surface area contributed by atoms with E-state index in [9.17, 15) is 9.59 Å². The van der Waals surface area contributed by atoms with Crippen LogP contribution in [0.1, 0.15) is 36.4 Å². The van der Waals surface area contributed by atoms with Crippen LogP contribution in [0, 0.1) is 6.92 Å². The number of carbonyl (C=O) groups is 2. The standard InChI is InChI=1S/C18H17N3O3/c1-10(22)18-16-5-13(15-6-19-11(2)20-7-15)4-14(9-24-12(3)23)17(16)8-21-18/h4-7H,8-9H2,1-3H3. The number of carbonyl (C=O) groups excluding carboxylic acids is 2. The lowest BCUT2D eigenvalue weighted by molar-refractivity contribution is -0.142. The number of ether oxygens (including phenoxy) is 1. The highest BCUT2D eigenvalue weighted by Crippen LogP contribution is 2.30. The van der Waals surface area contributed by atoms with Crippen molar-refractivity contribution in [2.24, 2.45) is 4.99 Å². The number of aromatic nitrogens is 2. The zero-order valence-electron chi connectivity index (χ0n) is 13.8. The van der Waals surface area contributed by atoms with Crippen LogP contribution in [0.5, 0.6) is 0 Å². The topological polar surface area (TPSA) is 81.5 Å². The molecular formula is C18H17N3O3. The second kappa shape index (κ2) is 6.31. The molecule has 2 aromatic rings. The van der Waals surface area contributed by atoms with Crippen LogP contribution in [0.2, 0.25) is 0 Å². The molecule has 3 rings (SSSR count). The van der Waals surface area contributed by atoms with Crippen LogP contribution in [0.15, 0.2) is 29.5 Å². The molecule has 24 heavy (non-hydrogen) atoms. The lowest BCUT2D eigenvalue weighted by Gasteiger charge is -2.12. The molecule has 1 aromatic heterocycles. The van der Waals surface area contributed by atoms with E-state index in [1.165, 1.54) is 13.8 Å². The lowest BCUT2D eigenvalue weighted by atomic mass is 9.94. The minimum atomic E-state index is -0.349. The molecule has 0 atom stereocenters. The van der Waals surface area contributed by atoms with Gasteiger partial charge < -0.3 is 4.74 Å². The van der Waals surface area contributed by atoms with Crippen molar-refractivity contribution in [1.82, 2.24) is 9.97 Å². The molecule has 2 heterocycles. The predicted molar refractivity (Wildman–Crippen MR) is 88.6 cm³/mol. The van der Waals surface area contributed by atoms with E-state index in [1.807, 2.05) is 19.1 Å². The Hall–Kier alpha value is -2.89. The third-order valence-electron chi connectivity index (χ3n) is 3.87. The van der Waals surface area contributed by atoms with Gasteiger partial charge in [0.25, 0.3) is 0 Å². The third kappa shape index (κ3) is 3.08. The van der Waals surface area contributed by atoms with E-state index in [1.54, 1.807) is 12.4 Å². The molecule has 0 bridgehead atoms. The van der Waals surface area contributed by atoms with Crippen molar-refractivity contribution in [2.45, 2.75) is 33.9 Å². The molecule has 1 aliphatic rings. The summed E-state index contributed by atoms with van der Waals surface area (Å²) < 4.78 is 5.15. The molecule has 0 spiro atoms. The van der Waals surface area contributed by atoms with Gasteiger partial charge in [-0.25, -0.2) is 9.97 Å². The van der Waals surface area contributed by atoms with Gasteiger partial charge in [-0.2, -0.15) is 0 Å². The van der Waals surface area contributed by atoms with Crippen LogP contribution in [0.3, 0.4) is 0 Å². The van der Waals surface area contributed by atoms with E-state index in [0.717, 1.165) is 27.8 Å². The van der Waals surface area contributed by atoms with Gasteiger partial charge in [-0.15, -0.1) is 0 Å². The number of aryl methyl sites for hydroxylation is 1. The third-order valence-corrected chi connectivity index (χ3v) is 3.87. The summed E-state index contributed by atoms with van der Waals surface area (Å²) in [7, 11) is 0. The summed E-state index contributed by atoms with van der Waals surface area (Å²) in [5.74, 6) is 0.258. The van der Waals surface area contributed by atoms with Crippen LogP contribution in [0.4, 0.5) is 0 Å². The fraction of sp³-hybridized carbons (Fsp3) is 0.278. The van der Waals surface area contributed by atoms with Gasteiger partial charge >= 0.3 is 5.97 Å². The van der Waals surface area contributed by atoms with E-state index in [0.29, 0.717) is 18.1 Å². The molecule has 6 heteroatoms. The Balaban J connectivity index is 2.10. The Labute approximate surface area is 139 Å². The maximum Gasteiger partial charge on any atom is 0.302 e. The van der Waals surface area contributed by atoms with Gasteiger partial charge in [0.05, 0.1) is 6.54 Å². The maximum atomic E-state index is 11.8. The summed E-state index contributed by atoms with van der Waals surface area (Å²) in [6, 6.07) is 3.86. The van der Waals surface area contributed by atoms with Crippen molar-refractivity contribution in [1.29, 1.82) is 0 Å². The summed E-state index contributed by atoms with van der Waals surface area (Å²) in [5, 5.41) is 0. The molecule has 1 aromatic carbocycles. The number of hydrogen-bond donors (Lipinski definition) is 0. The summed E-state index contributed by atoms with van der Waals surface area (Å²) in [6.45, 7) is 5.26. The molecular weight excluding hydrogens is 306 g/mol. The first-order chi connectivity index (χ1) is 11.5. The molecule has 0 unspecified atom stereocenters. The van der Waals surface area contributed by atoms with E-state index in [-0.39, 0.29) is 18.4 Å². The summed E-state index contributed by atoms with van der Waals surface area (Å²) in [4.78, 5) is 35.8. The Morgan fingerprint density at radius 3 is 2.46 bits per heavy atom. The number of nitrogens with zero attached hydrogens (tertiary/aromatic N) is 3. The highest BCUT2D eigenvalue weighted by Gasteiger charge is 2.23. The van der Waals surface area contributed by atoms with Crippen LogP contribution < -0.4 is 0 Å². The second-order valence-corrected chi connectivity index (χ2v) is 5.68. The first-order valence-corrected chi connectivity index (χ1v) is 7.59. The largest absolute Gasteiger partial charge is 0.461 e. The van der Waals surface area contributed by atoms with Crippen molar-refractivity contribution in [3.63, 3.8) is 0 Å². The first-order valence-electron chi connectivity index (χ1n) is 7.59. The van der Waals surface area contributed by atoms with Crippen molar-refractivity contribution in [3.8, 4) is 11.1 Å². The second-order valence-electron chi connectivity index (χ2n) is 5.68. The number of Topliss-reactive ketones (excluding diaryl/α,β-unsaturated/α-hetero) is 1. The molecule has 122 valence electrons. The van der Waals surface area contributed by atoms with Gasteiger partial charge in [-0.1, -0.05) is 0 Å². The van der Waals surface area contributed by atoms with Gasteiger partial charge in [-0.05, 0) is 35.7 Å². The predicted octanol–water partition coefficient (Wildman–Crippen LogP) is 2.41. The van der Waals surface area contributed by atoms with E-state index >= 15 is 0 Å². The summed E-state index contributed by atoms with van der Waals surface area (Å²) in [6.07, 6.45) is 3.47. The SMILES string of the molecule is CC(=O)OCc1cc(-c2cnc(C)nc2)cc2c1CN=C2C(C)=O. The van der Waals surface area contributed by atoms with Crippen LogP contribution in [0.25, 0.3) is 11.1 Å². The zero-order valence-corrected chi connectivity index (χ0v) is 13.8. The van der Waals surface area contributed by atoms with Crippen molar-refractivity contribution < 1.29 is 14.3 Å². The maximum absolute atomic E-state index is 11.8. The molecule has 0 N–H and O–H groups in total. The zero-order chi connectivity index (χ0) is 17.3. The van der Waals surface area contributed by atoms with Gasteiger partial charge in [0.15, 0.2) is 5.78 Å². The van der Waals surface area contributed by atoms with Crippen molar-refractivity contribution in [2.75, 3.05) is 0 Å². The van der Waals surface area contributed by atoms with E-state index in [4.69, 9.17) is 4.74 Å². The van der Waals surface area contributed by atoms with E-state index in [2.05, 4.69) is 15.0 Å². The van der Waals surface area contributed by atoms with Crippen LogP contribution >= 0.6 is 0 Å². The monoisotopic (exact) mass is 323 g/mol. The Bertz CT molecular complexity index is 855. The summed E-state index contributed by atoms with van der Waals surface area (Å²) >= 11 is 0. The Morgan fingerprint density at radius 2 is 1.83 bits per heavy atom. The molecule has 0 saturated carbocycles. The Kier molecular flexibility index (Phi) is 4.20. The molecule has 0 fully saturated rings. The number of hydrogen-bond acceptors (Lipinski definition) is 6. The summed E-state index contributed by atoms with van der Waals surface area (Å²) in [5.41, 5.74) is 4.73. The number of rotatable bonds is 4. The number of benzene rings is 1. The number of ketones is 1. The van der Waals surface area contributed by atoms with Crippen molar-refractivity contribution >= 4 is 17.5 Å². The van der Waals surface area contributed by atoms with Crippen LogP contribution in [-0.4, -0.2) is 27.4 Å². The average molecular weight is 323 g/mol. The molecule has 0 amide bonds.